The molecule has 2 aromatic rings. The summed E-state index contributed by atoms with van der Waals surface area (Å²) in [5.74, 6) is -0.118. The molecule has 3 heteroatoms. The van der Waals surface area contributed by atoms with E-state index < -0.39 is 6.10 Å². The van der Waals surface area contributed by atoms with E-state index in [1.54, 1.807) is 0 Å². The molecule has 0 radical (unpaired) electrons. The molecular weight excluding hydrogens is 314 g/mol. The summed E-state index contributed by atoms with van der Waals surface area (Å²) in [5.41, 5.74) is 10.3. The lowest BCUT2D eigenvalue weighted by molar-refractivity contribution is 0.147. The Labute approximate surface area is 128 Å². The van der Waals surface area contributed by atoms with Crippen LogP contribution in [0.2, 0.25) is 0 Å². The average molecular weight is 334 g/mol. The van der Waals surface area contributed by atoms with Crippen molar-refractivity contribution in [2.75, 3.05) is 6.54 Å². The summed E-state index contributed by atoms with van der Waals surface area (Å²) in [6, 6.07) is 14.0. The second-order valence-electron chi connectivity index (χ2n) is 5.15. The minimum atomic E-state index is -0.599. The van der Waals surface area contributed by atoms with Crippen LogP contribution in [0.4, 0.5) is 0 Å². The Morgan fingerprint density at radius 1 is 1.10 bits per heavy atom. The molecule has 0 aliphatic carbocycles. The third kappa shape index (κ3) is 3.11. The minimum Gasteiger partial charge on any atom is -0.388 e. The van der Waals surface area contributed by atoms with E-state index in [2.05, 4.69) is 29.8 Å². The fourth-order valence-electron chi connectivity index (χ4n) is 2.38. The van der Waals surface area contributed by atoms with Gasteiger partial charge in [-0.2, -0.15) is 0 Å². The second-order valence-corrected chi connectivity index (χ2v) is 6.01. The number of benzene rings is 2. The summed E-state index contributed by atoms with van der Waals surface area (Å²) < 4.78 is 0.985. The lowest BCUT2D eigenvalue weighted by Crippen LogP contribution is -2.20. The third-order valence-corrected chi connectivity index (χ3v) is 4.53. The van der Waals surface area contributed by atoms with Gasteiger partial charge in [-0.15, -0.1) is 0 Å². The number of aliphatic hydroxyl groups is 1. The number of rotatable bonds is 4. The average Bonchev–Trinajstić information content (AvgIpc) is 2.44. The highest BCUT2D eigenvalue weighted by atomic mass is 79.9. The van der Waals surface area contributed by atoms with Crippen LogP contribution in [0.3, 0.4) is 0 Å². The van der Waals surface area contributed by atoms with Gasteiger partial charge in [-0.3, -0.25) is 0 Å². The van der Waals surface area contributed by atoms with E-state index in [0.717, 1.165) is 15.6 Å². The Morgan fingerprint density at radius 2 is 1.80 bits per heavy atom. The van der Waals surface area contributed by atoms with Gasteiger partial charge in [-0.1, -0.05) is 52.3 Å². The first-order chi connectivity index (χ1) is 9.54. The Bertz CT molecular complexity index is 597. The summed E-state index contributed by atoms with van der Waals surface area (Å²) in [6.07, 6.45) is -0.599. The van der Waals surface area contributed by atoms with Gasteiger partial charge in [0.1, 0.15) is 0 Å². The normalized spacial score (nSPS) is 14.1. The number of hydrogen-bond donors (Lipinski definition) is 2. The van der Waals surface area contributed by atoms with Crippen molar-refractivity contribution in [1.29, 1.82) is 0 Å². The molecule has 2 nitrogen and oxygen atoms in total. The van der Waals surface area contributed by atoms with Gasteiger partial charge in [0.15, 0.2) is 0 Å². The van der Waals surface area contributed by atoms with Crippen molar-refractivity contribution in [2.45, 2.75) is 25.9 Å². The molecule has 0 saturated carbocycles. The molecule has 0 aromatic heterocycles. The quantitative estimate of drug-likeness (QED) is 0.892. The highest BCUT2D eigenvalue weighted by Gasteiger charge is 2.23. The molecule has 0 bridgehead atoms. The zero-order valence-corrected chi connectivity index (χ0v) is 13.4. The number of nitrogens with two attached hydrogens (primary N) is 1. The summed E-state index contributed by atoms with van der Waals surface area (Å²) in [6.45, 7) is 4.53. The van der Waals surface area contributed by atoms with E-state index in [1.165, 1.54) is 11.1 Å². The van der Waals surface area contributed by atoms with Gasteiger partial charge in [0.05, 0.1) is 6.10 Å². The molecule has 0 heterocycles. The van der Waals surface area contributed by atoms with Gasteiger partial charge in [0, 0.05) is 16.9 Å². The van der Waals surface area contributed by atoms with Crippen molar-refractivity contribution >= 4 is 15.9 Å². The Hall–Kier alpha value is -1.16. The van der Waals surface area contributed by atoms with Crippen LogP contribution < -0.4 is 5.73 Å². The van der Waals surface area contributed by atoms with Gasteiger partial charge in [-0.25, -0.2) is 0 Å². The molecule has 0 aliphatic heterocycles. The fourth-order valence-corrected chi connectivity index (χ4v) is 2.96. The van der Waals surface area contributed by atoms with E-state index in [1.807, 2.05) is 42.5 Å². The smallest absolute Gasteiger partial charge is 0.0871 e. The summed E-state index contributed by atoms with van der Waals surface area (Å²) >= 11 is 3.54. The van der Waals surface area contributed by atoms with Crippen molar-refractivity contribution in [3.8, 4) is 0 Å². The molecular formula is C17H20BrNO. The van der Waals surface area contributed by atoms with E-state index in [0.29, 0.717) is 6.54 Å². The topological polar surface area (TPSA) is 46.2 Å². The number of aryl methyl sites for hydroxylation is 2. The first kappa shape index (κ1) is 15.2. The fraction of sp³-hybridized carbons (Fsp3) is 0.294. The van der Waals surface area contributed by atoms with Gasteiger partial charge >= 0.3 is 0 Å². The van der Waals surface area contributed by atoms with Crippen molar-refractivity contribution in [2.24, 2.45) is 5.73 Å². The van der Waals surface area contributed by atoms with Gasteiger partial charge < -0.3 is 10.8 Å². The van der Waals surface area contributed by atoms with Crippen LogP contribution in [0.15, 0.2) is 46.9 Å². The summed E-state index contributed by atoms with van der Waals surface area (Å²) in [4.78, 5) is 0. The van der Waals surface area contributed by atoms with Crippen LogP contribution in [-0.2, 0) is 0 Å². The van der Waals surface area contributed by atoms with Gasteiger partial charge in [0.2, 0.25) is 0 Å². The third-order valence-electron chi connectivity index (χ3n) is 3.81. The monoisotopic (exact) mass is 333 g/mol. The first-order valence-corrected chi connectivity index (χ1v) is 7.53. The SMILES string of the molecule is Cc1ccc(C(O)C(CN)c2ccccc2Br)cc1C. The molecule has 0 fully saturated rings. The van der Waals surface area contributed by atoms with Crippen LogP contribution in [0, 0.1) is 13.8 Å². The molecule has 2 aromatic carbocycles. The Morgan fingerprint density at radius 3 is 2.40 bits per heavy atom. The molecule has 3 N–H and O–H groups in total. The van der Waals surface area contributed by atoms with E-state index in [-0.39, 0.29) is 5.92 Å². The second kappa shape index (κ2) is 6.53. The van der Waals surface area contributed by atoms with Crippen LogP contribution in [0.5, 0.6) is 0 Å². The van der Waals surface area contributed by atoms with Crippen molar-refractivity contribution in [3.05, 3.63) is 69.2 Å². The first-order valence-electron chi connectivity index (χ1n) is 6.74. The maximum atomic E-state index is 10.7. The maximum absolute atomic E-state index is 10.7. The predicted molar refractivity (Wildman–Crippen MR) is 86.8 cm³/mol. The summed E-state index contributed by atoms with van der Waals surface area (Å²) in [5, 5.41) is 10.7. The zero-order valence-electron chi connectivity index (χ0n) is 11.8. The highest BCUT2D eigenvalue weighted by Crippen LogP contribution is 2.34. The molecule has 2 atom stereocenters. The molecule has 0 spiro atoms. The van der Waals surface area contributed by atoms with Crippen molar-refractivity contribution in [3.63, 3.8) is 0 Å². The molecule has 106 valence electrons. The lowest BCUT2D eigenvalue weighted by atomic mass is 9.88. The molecule has 20 heavy (non-hydrogen) atoms. The van der Waals surface area contributed by atoms with Crippen LogP contribution >= 0.6 is 15.9 Å². The van der Waals surface area contributed by atoms with Crippen LogP contribution in [-0.4, -0.2) is 11.7 Å². The Kier molecular flexibility index (Phi) is 4.97. The largest absolute Gasteiger partial charge is 0.388 e. The summed E-state index contributed by atoms with van der Waals surface area (Å²) in [7, 11) is 0. The standard InChI is InChI=1S/C17H20BrNO/c1-11-7-8-13(9-12(11)2)17(20)15(10-19)14-5-3-4-6-16(14)18/h3-9,15,17,20H,10,19H2,1-2H3. The Balaban J connectivity index is 2.36. The molecule has 2 unspecified atom stereocenters. The maximum Gasteiger partial charge on any atom is 0.0871 e. The lowest BCUT2D eigenvalue weighted by Gasteiger charge is -2.24. The van der Waals surface area contributed by atoms with Crippen LogP contribution in [0.25, 0.3) is 0 Å². The predicted octanol–water partition coefficient (Wildman–Crippen LogP) is 3.84. The zero-order chi connectivity index (χ0) is 14.7. The van der Waals surface area contributed by atoms with E-state index in [9.17, 15) is 5.11 Å². The van der Waals surface area contributed by atoms with Gasteiger partial charge in [-0.05, 0) is 42.2 Å². The highest BCUT2D eigenvalue weighted by molar-refractivity contribution is 9.10. The minimum absolute atomic E-state index is 0.118. The number of halogens is 1. The van der Waals surface area contributed by atoms with Crippen molar-refractivity contribution in [1.82, 2.24) is 0 Å². The van der Waals surface area contributed by atoms with Gasteiger partial charge in [0.25, 0.3) is 0 Å². The van der Waals surface area contributed by atoms with Crippen molar-refractivity contribution < 1.29 is 5.11 Å². The molecule has 0 aliphatic rings. The molecule has 0 amide bonds. The van der Waals surface area contributed by atoms with Crippen LogP contribution in [0.1, 0.15) is 34.3 Å². The van der Waals surface area contributed by atoms with E-state index in [4.69, 9.17) is 5.73 Å². The molecule has 2 rings (SSSR count). The molecule has 0 saturated heterocycles. The van der Waals surface area contributed by atoms with E-state index >= 15 is 0 Å². The number of aliphatic hydroxyl groups excluding tert-OH is 1. The number of hydrogen-bond acceptors (Lipinski definition) is 2.